The maximum Gasteiger partial charge on any atom is 0.143 e. The summed E-state index contributed by atoms with van der Waals surface area (Å²) in [5.74, 6) is 0.364. The van der Waals surface area contributed by atoms with E-state index in [9.17, 15) is 0 Å². The van der Waals surface area contributed by atoms with Gasteiger partial charge in [0.1, 0.15) is 11.2 Å². The van der Waals surface area contributed by atoms with Crippen LogP contribution in [0.15, 0.2) is 150 Å². The van der Waals surface area contributed by atoms with Crippen molar-refractivity contribution >= 4 is 49.8 Å². The number of fused-ring (bicyclic) bond motifs is 8. The normalized spacial score (nSPS) is 13.4. The van der Waals surface area contributed by atoms with Gasteiger partial charge in [0.2, 0.25) is 0 Å². The third kappa shape index (κ3) is 4.26. The Hall–Kier alpha value is -5.60. The molecule has 1 heterocycles. The largest absolute Gasteiger partial charge is 0.455 e. The molecule has 9 rings (SSSR count). The van der Waals surface area contributed by atoms with Gasteiger partial charge in [-0.3, -0.25) is 0 Å². The highest BCUT2D eigenvalue weighted by Crippen LogP contribution is 2.52. The summed E-state index contributed by atoms with van der Waals surface area (Å²) in [4.78, 5) is 2.46. The summed E-state index contributed by atoms with van der Waals surface area (Å²) in [6.07, 6.45) is 0. The molecule has 1 aromatic heterocycles. The summed E-state index contributed by atoms with van der Waals surface area (Å²) in [5.41, 5.74) is 14.3. The third-order valence-electron chi connectivity index (χ3n) is 10.4. The molecule has 0 fully saturated rings. The van der Waals surface area contributed by atoms with E-state index in [1.54, 1.807) is 0 Å². The van der Waals surface area contributed by atoms with Crippen LogP contribution in [0, 0.1) is 0 Å². The lowest BCUT2D eigenvalue weighted by Gasteiger charge is -2.29. The van der Waals surface area contributed by atoms with Crippen molar-refractivity contribution in [2.75, 3.05) is 4.90 Å². The van der Waals surface area contributed by atoms with Gasteiger partial charge in [-0.2, -0.15) is 0 Å². The third-order valence-corrected chi connectivity index (χ3v) is 10.4. The van der Waals surface area contributed by atoms with Crippen molar-refractivity contribution < 1.29 is 4.42 Å². The van der Waals surface area contributed by atoms with Crippen LogP contribution in [-0.4, -0.2) is 0 Å². The average molecular weight is 620 g/mol. The Balaban J connectivity index is 1.37. The Morgan fingerprint density at radius 2 is 1.23 bits per heavy atom. The fourth-order valence-electron chi connectivity index (χ4n) is 8.05. The predicted octanol–water partition coefficient (Wildman–Crippen LogP) is 13.3. The molecule has 0 aliphatic heterocycles. The van der Waals surface area contributed by atoms with Gasteiger partial charge in [0, 0.05) is 38.3 Å². The molecule has 2 nitrogen and oxygen atoms in total. The molecule has 2 heteroatoms. The van der Waals surface area contributed by atoms with Crippen LogP contribution in [-0.2, 0) is 5.41 Å². The van der Waals surface area contributed by atoms with Crippen molar-refractivity contribution in [2.24, 2.45) is 0 Å². The molecular formula is C46H37NO. The first kappa shape index (κ1) is 28.6. The molecule has 7 aromatic carbocycles. The maximum absolute atomic E-state index is 6.68. The van der Waals surface area contributed by atoms with E-state index in [2.05, 4.69) is 178 Å². The summed E-state index contributed by atoms with van der Waals surface area (Å²) in [7, 11) is 0. The first-order chi connectivity index (χ1) is 23.4. The molecule has 0 bridgehead atoms. The predicted molar refractivity (Wildman–Crippen MR) is 203 cm³/mol. The number of rotatable bonds is 5. The van der Waals surface area contributed by atoms with E-state index in [1.165, 1.54) is 44.3 Å². The van der Waals surface area contributed by atoms with Crippen LogP contribution in [0.1, 0.15) is 50.3 Å². The minimum atomic E-state index is -0.0585. The molecule has 0 radical (unpaired) electrons. The van der Waals surface area contributed by atoms with Crippen LogP contribution in [0.4, 0.5) is 17.1 Å². The molecule has 8 aromatic rings. The minimum Gasteiger partial charge on any atom is -0.455 e. The second-order valence-corrected chi connectivity index (χ2v) is 13.9. The first-order valence-corrected chi connectivity index (χ1v) is 17.0. The van der Waals surface area contributed by atoms with E-state index < -0.39 is 0 Å². The van der Waals surface area contributed by atoms with Crippen molar-refractivity contribution in [3.8, 4) is 22.3 Å². The highest BCUT2D eigenvalue weighted by Gasteiger charge is 2.35. The van der Waals surface area contributed by atoms with Gasteiger partial charge >= 0.3 is 0 Å². The van der Waals surface area contributed by atoms with Crippen molar-refractivity contribution in [3.05, 3.63) is 162 Å². The molecule has 0 saturated heterocycles. The second-order valence-electron chi connectivity index (χ2n) is 13.9. The van der Waals surface area contributed by atoms with Gasteiger partial charge in [-0.05, 0) is 81.3 Å². The first-order valence-electron chi connectivity index (χ1n) is 17.0. The molecule has 0 spiro atoms. The van der Waals surface area contributed by atoms with E-state index in [-0.39, 0.29) is 5.41 Å². The average Bonchev–Trinajstić information content (AvgIpc) is 3.61. The Bertz CT molecular complexity index is 2520. The maximum atomic E-state index is 6.68. The Morgan fingerprint density at radius 1 is 0.542 bits per heavy atom. The van der Waals surface area contributed by atoms with Crippen molar-refractivity contribution in [1.29, 1.82) is 0 Å². The van der Waals surface area contributed by atoms with E-state index in [4.69, 9.17) is 4.42 Å². The number of furan rings is 1. The molecule has 0 unspecified atom stereocenters. The molecule has 0 atom stereocenters. The lowest BCUT2D eigenvalue weighted by molar-refractivity contribution is 0.660. The molecule has 0 amide bonds. The van der Waals surface area contributed by atoms with Crippen LogP contribution in [0.3, 0.4) is 0 Å². The lowest BCUT2D eigenvalue weighted by atomic mass is 9.82. The number of hydrogen-bond donors (Lipinski definition) is 0. The van der Waals surface area contributed by atoms with Gasteiger partial charge < -0.3 is 9.32 Å². The fraction of sp³-hybridized carbons (Fsp3) is 0.130. The highest BCUT2D eigenvalue weighted by atomic mass is 16.3. The standard InChI is InChI=1S/C46H37NO/c1-29(2)34-21-13-23-43-44(34)39-28-42(36-19-8-9-20-37(36)45(39)48-43)47(32-17-12-16-31(26-32)30-14-6-5-7-15-30)33-24-25-41-38(27-33)35-18-10-11-22-40(35)46(41,3)4/h5-29H,1-4H3. The molecule has 1 aliphatic rings. The Kier molecular flexibility index (Phi) is 6.39. The van der Waals surface area contributed by atoms with Gasteiger partial charge in [0.05, 0.1) is 5.69 Å². The van der Waals surface area contributed by atoms with E-state index in [0.29, 0.717) is 5.92 Å². The monoisotopic (exact) mass is 619 g/mol. The van der Waals surface area contributed by atoms with Crippen LogP contribution < -0.4 is 4.90 Å². The molecular weight excluding hydrogens is 583 g/mol. The van der Waals surface area contributed by atoms with Gasteiger partial charge in [0.15, 0.2) is 0 Å². The number of benzene rings is 7. The van der Waals surface area contributed by atoms with Crippen molar-refractivity contribution in [3.63, 3.8) is 0 Å². The summed E-state index contributed by atoms with van der Waals surface area (Å²) in [6.45, 7) is 9.22. The lowest BCUT2D eigenvalue weighted by Crippen LogP contribution is -2.15. The van der Waals surface area contributed by atoms with E-state index in [0.717, 1.165) is 44.4 Å². The number of hydrogen-bond acceptors (Lipinski definition) is 2. The zero-order valence-electron chi connectivity index (χ0n) is 27.8. The van der Waals surface area contributed by atoms with Gasteiger partial charge in [-0.15, -0.1) is 0 Å². The van der Waals surface area contributed by atoms with E-state index in [1.807, 2.05) is 0 Å². The van der Waals surface area contributed by atoms with Crippen LogP contribution >= 0.6 is 0 Å². The summed E-state index contributed by atoms with van der Waals surface area (Å²) in [5, 5.41) is 4.63. The number of nitrogens with zero attached hydrogens (tertiary/aromatic N) is 1. The molecule has 48 heavy (non-hydrogen) atoms. The zero-order valence-corrected chi connectivity index (χ0v) is 27.8. The quantitative estimate of drug-likeness (QED) is 0.191. The highest BCUT2D eigenvalue weighted by molar-refractivity contribution is 6.20. The van der Waals surface area contributed by atoms with Crippen molar-refractivity contribution in [1.82, 2.24) is 0 Å². The number of anilines is 3. The minimum absolute atomic E-state index is 0.0585. The van der Waals surface area contributed by atoms with Crippen LogP contribution in [0.25, 0.3) is 55.0 Å². The summed E-state index contributed by atoms with van der Waals surface area (Å²) >= 11 is 0. The molecule has 0 saturated carbocycles. The van der Waals surface area contributed by atoms with Gasteiger partial charge in [-0.25, -0.2) is 0 Å². The summed E-state index contributed by atoms with van der Waals surface area (Å²) in [6, 6.07) is 53.1. The SMILES string of the molecule is CC(C)c1cccc2oc3c4ccccc4c(N(c4cccc(-c5ccccc5)c4)c4ccc5c(c4)-c4ccccc4C5(C)C)cc3c12. The van der Waals surface area contributed by atoms with Gasteiger partial charge in [0.25, 0.3) is 0 Å². The van der Waals surface area contributed by atoms with Gasteiger partial charge in [-0.1, -0.05) is 137 Å². The zero-order chi connectivity index (χ0) is 32.6. The Morgan fingerprint density at radius 3 is 2.06 bits per heavy atom. The topological polar surface area (TPSA) is 16.4 Å². The summed E-state index contributed by atoms with van der Waals surface area (Å²) < 4.78 is 6.68. The van der Waals surface area contributed by atoms with Crippen LogP contribution in [0.5, 0.6) is 0 Å². The molecule has 1 aliphatic carbocycles. The smallest absolute Gasteiger partial charge is 0.143 e. The molecule has 0 N–H and O–H groups in total. The van der Waals surface area contributed by atoms with E-state index >= 15 is 0 Å². The Labute approximate surface area is 281 Å². The van der Waals surface area contributed by atoms with Crippen molar-refractivity contribution in [2.45, 2.75) is 39.0 Å². The fourth-order valence-corrected chi connectivity index (χ4v) is 8.05. The van der Waals surface area contributed by atoms with Crippen LogP contribution in [0.2, 0.25) is 0 Å². The molecule has 232 valence electrons. The second kappa shape index (κ2) is 10.7.